The molecule has 0 spiro atoms. The van der Waals surface area contributed by atoms with Gasteiger partial charge in [0.05, 0.1) is 0 Å². The highest BCUT2D eigenvalue weighted by Crippen LogP contribution is 2.46. The smallest absolute Gasteiger partial charge is 0.330 e. The van der Waals surface area contributed by atoms with Gasteiger partial charge in [-0.2, -0.15) is 0 Å². The second-order valence-corrected chi connectivity index (χ2v) is 9.27. The van der Waals surface area contributed by atoms with E-state index in [2.05, 4.69) is 10.6 Å². The first-order valence-electron chi connectivity index (χ1n) is 12.7. The molecule has 0 aliphatic carbocycles. The fourth-order valence-corrected chi connectivity index (χ4v) is 4.55. The van der Waals surface area contributed by atoms with Gasteiger partial charge in [-0.05, 0) is 49.4 Å². The summed E-state index contributed by atoms with van der Waals surface area (Å²) in [4.78, 5) is 41.5. The minimum absolute atomic E-state index is 0.182. The van der Waals surface area contributed by atoms with E-state index >= 15 is 0 Å². The number of hydrogen-bond donors (Lipinski definition) is 2. The predicted octanol–water partition coefficient (Wildman–Crippen LogP) is 4.81. The summed E-state index contributed by atoms with van der Waals surface area (Å²) in [5.74, 6) is 0.389. The summed E-state index contributed by atoms with van der Waals surface area (Å²) in [6, 6.07) is 14.8. The van der Waals surface area contributed by atoms with Gasteiger partial charge in [-0.1, -0.05) is 62.7 Å². The maximum atomic E-state index is 13.7. The fourth-order valence-electron chi connectivity index (χ4n) is 4.55. The van der Waals surface area contributed by atoms with Crippen molar-refractivity contribution >= 4 is 18.0 Å². The molecule has 0 radical (unpaired) electrons. The van der Waals surface area contributed by atoms with Crippen LogP contribution in [0.3, 0.4) is 0 Å². The van der Waals surface area contributed by atoms with E-state index in [9.17, 15) is 14.4 Å². The van der Waals surface area contributed by atoms with Crippen LogP contribution in [-0.4, -0.2) is 47.6 Å². The molecule has 1 fully saturated rings. The van der Waals surface area contributed by atoms with Crippen molar-refractivity contribution in [1.29, 1.82) is 0 Å². The molecule has 1 unspecified atom stereocenters. The Morgan fingerprint density at radius 3 is 2.17 bits per heavy atom. The summed E-state index contributed by atoms with van der Waals surface area (Å²) >= 11 is 0. The van der Waals surface area contributed by atoms with Gasteiger partial charge in [0.15, 0.2) is 6.23 Å². The van der Waals surface area contributed by atoms with E-state index in [1.54, 1.807) is 24.1 Å². The second-order valence-electron chi connectivity index (χ2n) is 9.27. The number of ether oxygens (including phenoxy) is 1. The fraction of sp³-hybridized carbons (Fsp3) is 0.464. The third kappa shape index (κ3) is 5.64. The Bertz CT molecular complexity index is 1050. The number of β-lactam (4-membered cyclic amide) rings is 1. The predicted molar refractivity (Wildman–Crippen MR) is 139 cm³/mol. The minimum atomic E-state index is -0.739. The van der Waals surface area contributed by atoms with Crippen LogP contribution in [-0.2, 0) is 17.9 Å². The molecule has 1 heterocycles. The van der Waals surface area contributed by atoms with Crippen molar-refractivity contribution in [2.75, 3.05) is 13.6 Å². The molecule has 1 atom stereocenters. The lowest BCUT2D eigenvalue weighted by molar-refractivity contribution is -0.192. The van der Waals surface area contributed by atoms with Crippen molar-refractivity contribution in [3.05, 3.63) is 65.2 Å². The Morgan fingerprint density at radius 2 is 1.61 bits per heavy atom. The number of likely N-dealkylation sites (tertiary alicyclic amines) is 1. The number of amides is 5. The molecule has 2 aromatic rings. The SMILES string of the molecule is CCCN(Cc1ccc(C)cc1)C(=O)N1C(=O)C(CC)(CC)C1Oc1ccc(CNC(=O)NC)cc1. The van der Waals surface area contributed by atoms with E-state index in [-0.39, 0.29) is 18.0 Å². The standard InChI is InChI=1S/C28H38N4O4/c1-6-17-31(19-22-11-9-20(4)10-12-22)27(35)32-24(33)28(7-2,8-3)25(32)36-23-15-13-21(14-16-23)18-30-26(34)29-5/h9-16,25H,6-8,17-19H2,1-5H3,(H2,29,30,34). The molecule has 5 amide bonds. The van der Waals surface area contributed by atoms with E-state index in [0.717, 1.165) is 23.1 Å². The van der Waals surface area contributed by atoms with Crippen molar-refractivity contribution in [2.45, 2.75) is 66.3 Å². The van der Waals surface area contributed by atoms with Crippen molar-refractivity contribution in [1.82, 2.24) is 20.4 Å². The van der Waals surface area contributed by atoms with Crippen LogP contribution in [0.2, 0.25) is 0 Å². The van der Waals surface area contributed by atoms with Crippen molar-refractivity contribution in [2.24, 2.45) is 5.41 Å². The van der Waals surface area contributed by atoms with Gasteiger partial charge in [-0.15, -0.1) is 0 Å². The third-order valence-electron chi connectivity index (χ3n) is 6.93. The van der Waals surface area contributed by atoms with Crippen LogP contribution in [0.15, 0.2) is 48.5 Å². The zero-order valence-electron chi connectivity index (χ0n) is 22.0. The quantitative estimate of drug-likeness (QED) is 0.464. The van der Waals surface area contributed by atoms with Crippen LogP contribution >= 0.6 is 0 Å². The maximum absolute atomic E-state index is 13.7. The highest BCUT2D eigenvalue weighted by atomic mass is 16.5. The summed E-state index contributed by atoms with van der Waals surface area (Å²) in [5, 5.41) is 5.26. The molecular weight excluding hydrogens is 456 g/mol. The van der Waals surface area contributed by atoms with Gasteiger partial charge in [0.1, 0.15) is 11.2 Å². The molecule has 2 aromatic carbocycles. The number of nitrogens with zero attached hydrogens (tertiary/aromatic N) is 2. The van der Waals surface area contributed by atoms with E-state index < -0.39 is 11.6 Å². The van der Waals surface area contributed by atoms with Crippen LogP contribution in [0.25, 0.3) is 0 Å². The average molecular weight is 495 g/mol. The van der Waals surface area contributed by atoms with Gasteiger partial charge in [-0.25, -0.2) is 14.5 Å². The average Bonchev–Trinajstić information content (AvgIpc) is 2.89. The third-order valence-corrected chi connectivity index (χ3v) is 6.93. The lowest BCUT2D eigenvalue weighted by Crippen LogP contribution is -2.73. The molecule has 0 saturated carbocycles. The Kier molecular flexibility index (Phi) is 8.96. The molecular formula is C28H38N4O4. The Morgan fingerprint density at radius 1 is 1.00 bits per heavy atom. The molecule has 1 aliphatic heterocycles. The Labute approximate surface area is 214 Å². The summed E-state index contributed by atoms with van der Waals surface area (Å²) in [6.45, 7) is 9.32. The number of carbonyl (C=O) groups excluding carboxylic acids is 3. The molecule has 2 N–H and O–H groups in total. The van der Waals surface area contributed by atoms with E-state index in [4.69, 9.17) is 4.74 Å². The molecule has 1 saturated heterocycles. The number of carbonyl (C=O) groups is 3. The molecule has 194 valence electrons. The van der Waals surface area contributed by atoms with Gasteiger partial charge in [-0.3, -0.25) is 4.79 Å². The number of benzene rings is 2. The number of nitrogens with one attached hydrogen (secondary N) is 2. The zero-order chi connectivity index (χ0) is 26.3. The first-order chi connectivity index (χ1) is 17.3. The van der Waals surface area contributed by atoms with Crippen LogP contribution < -0.4 is 15.4 Å². The summed E-state index contributed by atoms with van der Waals surface area (Å²) in [6.07, 6.45) is 1.26. The second kappa shape index (κ2) is 11.9. The van der Waals surface area contributed by atoms with Crippen molar-refractivity contribution < 1.29 is 19.1 Å². The van der Waals surface area contributed by atoms with Crippen LogP contribution in [0, 0.1) is 12.3 Å². The number of imide groups is 1. The lowest BCUT2D eigenvalue weighted by atomic mass is 9.72. The van der Waals surface area contributed by atoms with Gasteiger partial charge < -0.3 is 20.3 Å². The summed E-state index contributed by atoms with van der Waals surface area (Å²) < 4.78 is 6.31. The monoisotopic (exact) mass is 494 g/mol. The minimum Gasteiger partial charge on any atom is -0.469 e. The van der Waals surface area contributed by atoms with Crippen LogP contribution in [0.5, 0.6) is 5.75 Å². The molecule has 0 aromatic heterocycles. The maximum Gasteiger partial charge on any atom is 0.330 e. The number of hydrogen-bond acceptors (Lipinski definition) is 4. The number of aryl methyl sites for hydroxylation is 1. The van der Waals surface area contributed by atoms with Crippen molar-refractivity contribution in [3.8, 4) is 5.75 Å². The summed E-state index contributed by atoms with van der Waals surface area (Å²) in [5.41, 5.74) is 2.35. The van der Waals surface area contributed by atoms with Crippen LogP contribution in [0.1, 0.15) is 56.7 Å². The number of rotatable bonds is 10. The van der Waals surface area contributed by atoms with E-state index in [0.29, 0.717) is 38.2 Å². The normalized spacial score (nSPS) is 16.2. The molecule has 36 heavy (non-hydrogen) atoms. The van der Waals surface area contributed by atoms with E-state index in [1.165, 1.54) is 4.90 Å². The first kappa shape index (κ1) is 27.0. The Hall–Kier alpha value is -3.55. The van der Waals surface area contributed by atoms with Crippen molar-refractivity contribution in [3.63, 3.8) is 0 Å². The lowest BCUT2D eigenvalue weighted by Gasteiger charge is -2.54. The van der Waals surface area contributed by atoms with Gasteiger partial charge in [0.2, 0.25) is 5.91 Å². The highest BCUT2D eigenvalue weighted by molar-refractivity contribution is 6.03. The Balaban J connectivity index is 1.79. The summed E-state index contributed by atoms with van der Waals surface area (Å²) in [7, 11) is 1.56. The zero-order valence-corrected chi connectivity index (χ0v) is 22.0. The highest BCUT2D eigenvalue weighted by Gasteiger charge is 2.63. The van der Waals surface area contributed by atoms with Crippen LogP contribution in [0.4, 0.5) is 9.59 Å². The van der Waals surface area contributed by atoms with Gasteiger partial charge >= 0.3 is 12.1 Å². The largest absolute Gasteiger partial charge is 0.469 e. The molecule has 0 bridgehead atoms. The van der Waals surface area contributed by atoms with E-state index in [1.807, 2.05) is 64.1 Å². The molecule has 8 heteroatoms. The first-order valence-corrected chi connectivity index (χ1v) is 12.7. The molecule has 3 rings (SSSR count). The van der Waals surface area contributed by atoms with Gasteiger partial charge in [0, 0.05) is 26.7 Å². The number of urea groups is 2. The molecule has 1 aliphatic rings. The topological polar surface area (TPSA) is 91.0 Å². The van der Waals surface area contributed by atoms with Gasteiger partial charge in [0.25, 0.3) is 0 Å². The molecule has 8 nitrogen and oxygen atoms in total.